The fourth-order valence-corrected chi connectivity index (χ4v) is 1.96. The molecule has 0 aliphatic carbocycles. The van der Waals surface area contributed by atoms with Gasteiger partial charge in [-0.3, -0.25) is 0 Å². The molecule has 0 bridgehead atoms. The molecule has 1 atom stereocenters. The van der Waals surface area contributed by atoms with E-state index in [-0.39, 0.29) is 0 Å². The van der Waals surface area contributed by atoms with Crippen molar-refractivity contribution in [3.63, 3.8) is 0 Å². The van der Waals surface area contributed by atoms with Gasteiger partial charge in [-0.1, -0.05) is 13.3 Å². The number of unbranched alkanes of at least 4 members (excludes halogenated alkanes) is 1. The van der Waals surface area contributed by atoms with Gasteiger partial charge in [-0.05, 0) is 26.8 Å². The zero-order valence-corrected chi connectivity index (χ0v) is 9.45. The first kappa shape index (κ1) is 10.7. The van der Waals surface area contributed by atoms with Crippen molar-refractivity contribution < 1.29 is 0 Å². The summed E-state index contributed by atoms with van der Waals surface area (Å²) in [5.41, 5.74) is 0. The first-order chi connectivity index (χ1) is 6.24. The van der Waals surface area contributed by atoms with E-state index in [2.05, 4.69) is 31.1 Å². The summed E-state index contributed by atoms with van der Waals surface area (Å²) in [5.74, 6) is 0. The number of hydrogen-bond acceptors (Lipinski definition) is 3. The van der Waals surface area contributed by atoms with Gasteiger partial charge in [-0.15, -0.1) is 11.3 Å². The second kappa shape index (κ2) is 5.35. The molecule has 0 spiro atoms. The van der Waals surface area contributed by atoms with Gasteiger partial charge in [-0.25, -0.2) is 4.98 Å². The van der Waals surface area contributed by atoms with Crippen molar-refractivity contribution in [3.8, 4) is 0 Å². The van der Waals surface area contributed by atoms with Gasteiger partial charge in [0.1, 0.15) is 5.01 Å². The van der Waals surface area contributed by atoms with E-state index in [0.29, 0.717) is 6.04 Å². The zero-order chi connectivity index (χ0) is 9.68. The van der Waals surface area contributed by atoms with E-state index >= 15 is 0 Å². The van der Waals surface area contributed by atoms with Crippen LogP contribution in [0.2, 0.25) is 0 Å². The monoisotopic (exact) mass is 198 g/mol. The molecule has 0 fully saturated rings. The topological polar surface area (TPSA) is 24.9 Å². The highest BCUT2D eigenvalue weighted by molar-refractivity contribution is 7.11. The van der Waals surface area contributed by atoms with Gasteiger partial charge in [-0.2, -0.15) is 0 Å². The number of aromatic nitrogens is 1. The fraction of sp³-hybridized carbons (Fsp3) is 0.700. The molecule has 0 aromatic carbocycles. The summed E-state index contributed by atoms with van der Waals surface area (Å²) in [5, 5.41) is 4.66. The first-order valence-corrected chi connectivity index (χ1v) is 5.71. The number of rotatable bonds is 5. The Labute approximate surface area is 84.4 Å². The van der Waals surface area contributed by atoms with Crippen LogP contribution in [0.15, 0.2) is 6.20 Å². The van der Waals surface area contributed by atoms with E-state index in [1.807, 2.05) is 6.20 Å². The Morgan fingerprint density at radius 3 is 2.92 bits per heavy atom. The Bertz CT molecular complexity index is 245. The van der Waals surface area contributed by atoms with E-state index in [1.165, 1.54) is 22.7 Å². The predicted octanol–water partition coefficient (Wildman–Crippen LogP) is 2.90. The van der Waals surface area contributed by atoms with Crippen LogP contribution in [0.5, 0.6) is 0 Å². The van der Waals surface area contributed by atoms with Crippen LogP contribution < -0.4 is 5.32 Å². The van der Waals surface area contributed by atoms with Crippen LogP contribution in [0.25, 0.3) is 0 Å². The molecule has 0 aliphatic heterocycles. The predicted molar refractivity (Wildman–Crippen MR) is 58.2 cm³/mol. The van der Waals surface area contributed by atoms with Gasteiger partial charge in [0, 0.05) is 11.1 Å². The second-order valence-electron chi connectivity index (χ2n) is 3.34. The van der Waals surface area contributed by atoms with Crippen LogP contribution in [0.4, 0.5) is 0 Å². The molecule has 0 aliphatic rings. The van der Waals surface area contributed by atoms with Crippen LogP contribution in [0, 0.1) is 6.92 Å². The van der Waals surface area contributed by atoms with Crippen LogP contribution in [-0.4, -0.2) is 11.5 Å². The van der Waals surface area contributed by atoms with Gasteiger partial charge in [0.2, 0.25) is 0 Å². The van der Waals surface area contributed by atoms with Crippen LogP contribution in [0.3, 0.4) is 0 Å². The molecule has 1 rings (SSSR count). The molecular formula is C10H18N2S. The minimum atomic E-state index is 0.408. The number of nitrogens with one attached hydrogen (secondary N) is 1. The number of aryl methyl sites for hydroxylation is 1. The zero-order valence-electron chi connectivity index (χ0n) is 8.63. The minimum absolute atomic E-state index is 0.408. The Morgan fingerprint density at radius 1 is 1.62 bits per heavy atom. The first-order valence-electron chi connectivity index (χ1n) is 4.89. The summed E-state index contributed by atoms with van der Waals surface area (Å²) in [6.07, 6.45) is 4.43. The molecule has 1 N–H and O–H groups in total. The number of hydrogen-bond donors (Lipinski definition) is 1. The van der Waals surface area contributed by atoms with E-state index in [9.17, 15) is 0 Å². The van der Waals surface area contributed by atoms with E-state index in [1.54, 1.807) is 11.3 Å². The third-order valence-corrected chi connectivity index (χ3v) is 3.09. The summed E-state index contributed by atoms with van der Waals surface area (Å²) in [7, 11) is 0. The number of thiazole rings is 1. The Morgan fingerprint density at radius 2 is 2.38 bits per heavy atom. The third-order valence-electron chi connectivity index (χ3n) is 1.99. The van der Waals surface area contributed by atoms with Gasteiger partial charge < -0.3 is 5.32 Å². The third kappa shape index (κ3) is 3.44. The second-order valence-corrected chi connectivity index (χ2v) is 4.60. The highest BCUT2D eigenvalue weighted by atomic mass is 32.1. The molecule has 74 valence electrons. The average Bonchev–Trinajstić information content (AvgIpc) is 2.52. The quantitative estimate of drug-likeness (QED) is 0.736. The molecule has 1 unspecified atom stereocenters. The summed E-state index contributed by atoms with van der Waals surface area (Å²) >= 11 is 1.78. The fourth-order valence-electron chi connectivity index (χ4n) is 1.16. The lowest BCUT2D eigenvalue weighted by atomic mass is 10.3. The van der Waals surface area contributed by atoms with Crippen molar-refractivity contribution in [1.29, 1.82) is 0 Å². The standard InChI is InChI=1S/C10H18N2S/c1-4-5-6-11-9(3)10-12-7-8(2)13-10/h7,9,11H,4-6H2,1-3H3. The SMILES string of the molecule is CCCCNC(C)c1ncc(C)s1. The molecule has 1 heterocycles. The Hall–Kier alpha value is -0.410. The van der Waals surface area contributed by atoms with Gasteiger partial charge in [0.25, 0.3) is 0 Å². The normalized spacial score (nSPS) is 13.2. The molecule has 1 aromatic heterocycles. The summed E-state index contributed by atoms with van der Waals surface area (Å²) in [4.78, 5) is 5.64. The van der Waals surface area contributed by atoms with Crippen LogP contribution in [0.1, 0.15) is 42.6 Å². The van der Waals surface area contributed by atoms with E-state index in [0.717, 1.165) is 6.54 Å². The molecule has 13 heavy (non-hydrogen) atoms. The Balaban J connectivity index is 2.35. The van der Waals surface area contributed by atoms with Crippen molar-refractivity contribution in [3.05, 3.63) is 16.1 Å². The van der Waals surface area contributed by atoms with Crippen molar-refractivity contribution >= 4 is 11.3 Å². The van der Waals surface area contributed by atoms with Crippen molar-refractivity contribution in [2.45, 2.75) is 39.7 Å². The molecular weight excluding hydrogens is 180 g/mol. The van der Waals surface area contributed by atoms with Crippen LogP contribution >= 0.6 is 11.3 Å². The van der Waals surface area contributed by atoms with E-state index in [4.69, 9.17) is 0 Å². The maximum absolute atomic E-state index is 4.35. The number of nitrogens with zero attached hydrogens (tertiary/aromatic N) is 1. The smallest absolute Gasteiger partial charge is 0.109 e. The van der Waals surface area contributed by atoms with Crippen molar-refractivity contribution in [2.24, 2.45) is 0 Å². The summed E-state index contributed by atoms with van der Waals surface area (Å²) < 4.78 is 0. The summed E-state index contributed by atoms with van der Waals surface area (Å²) in [6, 6.07) is 0.408. The van der Waals surface area contributed by atoms with Gasteiger partial charge in [0.05, 0.1) is 6.04 Å². The van der Waals surface area contributed by atoms with Crippen molar-refractivity contribution in [1.82, 2.24) is 10.3 Å². The van der Waals surface area contributed by atoms with Gasteiger partial charge in [0.15, 0.2) is 0 Å². The molecule has 0 saturated carbocycles. The average molecular weight is 198 g/mol. The molecule has 0 saturated heterocycles. The summed E-state index contributed by atoms with van der Waals surface area (Å²) in [6.45, 7) is 7.57. The maximum atomic E-state index is 4.35. The largest absolute Gasteiger partial charge is 0.308 e. The van der Waals surface area contributed by atoms with Gasteiger partial charge >= 0.3 is 0 Å². The van der Waals surface area contributed by atoms with Crippen LogP contribution in [-0.2, 0) is 0 Å². The van der Waals surface area contributed by atoms with E-state index < -0.39 is 0 Å². The minimum Gasteiger partial charge on any atom is -0.308 e. The molecule has 0 radical (unpaired) electrons. The van der Waals surface area contributed by atoms with Crippen molar-refractivity contribution in [2.75, 3.05) is 6.54 Å². The molecule has 3 heteroatoms. The highest BCUT2D eigenvalue weighted by Gasteiger charge is 2.07. The lowest BCUT2D eigenvalue weighted by Crippen LogP contribution is -2.19. The Kier molecular flexibility index (Phi) is 4.39. The molecule has 1 aromatic rings. The lowest BCUT2D eigenvalue weighted by Gasteiger charge is -2.09. The molecule has 2 nitrogen and oxygen atoms in total. The molecule has 0 amide bonds. The lowest BCUT2D eigenvalue weighted by molar-refractivity contribution is 0.552. The highest BCUT2D eigenvalue weighted by Crippen LogP contribution is 2.18. The maximum Gasteiger partial charge on any atom is 0.109 e.